The van der Waals surface area contributed by atoms with E-state index in [4.69, 9.17) is 4.89 Å². The molecular weight excluding hydrogens is 180 g/mol. The predicted molar refractivity (Wildman–Crippen MR) is 29.2 cm³/mol. The molecule has 0 aliphatic carbocycles. The van der Waals surface area contributed by atoms with E-state index >= 15 is 0 Å². The summed E-state index contributed by atoms with van der Waals surface area (Å²) in [7, 11) is -1.95. The number of rotatable bonds is 1. The molecule has 0 aliphatic rings. The fourth-order valence-corrected chi connectivity index (χ4v) is 0. The summed E-state index contributed by atoms with van der Waals surface area (Å²) in [5, 5.41) is 0. The SMILES string of the molecule is COP(C)(=O)O.[CH3-].[Zn]. The molecule has 0 radical (unpaired) electrons. The standard InChI is InChI=1S/C2H7O3P.CH3.Zn/c1-5-6(2,3)4;;/h1-2H3,(H,3,4);1H3;/q;-1;. The Morgan fingerprint density at radius 2 is 1.75 bits per heavy atom. The van der Waals surface area contributed by atoms with E-state index in [0.717, 1.165) is 6.66 Å². The smallest absolute Gasteiger partial charge is 0.324 e. The van der Waals surface area contributed by atoms with Crippen LogP contribution >= 0.6 is 7.60 Å². The Hall–Kier alpha value is 0.773. The van der Waals surface area contributed by atoms with Crippen molar-refractivity contribution in [3.63, 3.8) is 0 Å². The van der Waals surface area contributed by atoms with Crippen molar-refractivity contribution in [2.75, 3.05) is 13.8 Å². The Bertz CT molecular complexity index is 78.6. The molecule has 5 heteroatoms. The van der Waals surface area contributed by atoms with Crippen molar-refractivity contribution in [3.05, 3.63) is 7.43 Å². The van der Waals surface area contributed by atoms with E-state index in [9.17, 15) is 4.57 Å². The van der Waals surface area contributed by atoms with Gasteiger partial charge >= 0.3 is 7.60 Å². The van der Waals surface area contributed by atoms with Crippen LogP contribution < -0.4 is 0 Å². The van der Waals surface area contributed by atoms with Gasteiger partial charge in [-0.15, -0.1) is 0 Å². The molecule has 0 saturated heterocycles. The minimum absolute atomic E-state index is 0. The maximum atomic E-state index is 9.92. The monoisotopic (exact) mass is 189 g/mol. The van der Waals surface area contributed by atoms with Crippen LogP contribution in [-0.4, -0.2) is 18.7 Å². The molecule has 1 N–H and O–H groups in total. The van der Waals surface area contributed by atoms with Gasteiger partial charge in [0, 0.05) is 33.3 Å². The van der Waals surface area contributed by atoms with Crippen LogP contribution in [0.1, 0.15) is 0 Å². The first-order valence-corrected chi connectivity index (χ1v) is 3.45. The minimum atomic E-state index is -3.15. The van der Waals surface area contributed by atoms with E-state index in [1.54, 1.807) is 0 Å². The second-order valence-corrected chi connectivity index (χ2v) is 2.96. The molecule has 0 aromatic heterocycles. The zero-order valence-corrected chi connectivity index (χ0v) is 9.28. The number of hydrogen-bond donors (Lipinski definition) is 1. The Morgan fingerprint density at radius 3 is 1.75 bits per heavy atom. The van der Waals surface area contributed by atoms with Crippen LogP contribution in [0.5, 0.6) is 0 Å². The largest absolute Gasteiger partial charge is 0.358 e. The fraction of sp³-hybridized carbons (Fsp3) is 0.667. The summed E-state index contributed by atoms with van der Waals surface area (Å²) in [4.78, 5) is 8.16. The number of hydrogen-bond acceptors (Lipinski definition) is 2. The molecular formula is C3H10O3PZn-. The quantitative estimate of drug-likeness (QED) is 0.380. The van der Waals surface area contributed by atoms with Gasteiger partial charge in [0.15, 0.2) is 0 Å². The van der Waals surface area contributed by atoms with Crippen molar-refractivity contribution in [2.45, 2.75) is 0 Å². The summed E-state index contributed by atoms with van der Waals surface area (Å²) < 4.78 is 14.0. The van der Waals surface area contributed by atoms with Crippen LogP contribution in [-0.2, 0) is 28.6 Å². The molecule has 0 heterocycles. The van der Waals surface area contributed by atoms with Crippen LogP contribution in [0.25, 0.3) is 0 Å². The van der Waals surface area contributed by atoms with E-state index < -0.39 is 7.60 Å². The van der Waals surface area contributed by atoms with Crippen molar-refractivity contribution in [3.8, 4) is 0 Å². The van der Waals surface area contributed by atoms with Gasteiger partial charge in [-0.1, -0.05) is 0 Å². The van der Waals surface area contributed by atoms with Crippen LogP contribution in [0, 0.1) is 7.43 Å². The summed E-state index contributed by atoms with van der Waals surface area (Å²) in [6.07, 6.45) is 0. The first-order chi connectivity index (χ1) is 2.56. The van der Waals surface area contributed by atoms with Crippen molar-refractivity contribution >= 4 is 7.60 Å². The Kier molecular flexibility index (Phi) is 11.7. The molecule has 0 bridgehead atoms. The first-order valence-electron chi connectivity index (χ1n) is 1.42. The summed E-state index contributed by atoms with van der Waals surface area (Å²) in [6.45, 7) is 1.13. The molecule has 8 heavy (non-hydrogen) atoms. The minimum Gasteiger partial charge on any atom is -0.358 e. The molecule has 0 amide bonds. The predicted octanol–water partition coefficient (Wildman–Crippen LogP) is 0.896. The van der Waals surface area contributed by atoms with Crippen molar-refractivity contribution in [1.29, 1.82) is 0 Å². The van der Waals surface area contributed by atoms with Crippen molar-refractivity contribution in [1.82, 2.24) is 0 Å². The summed E-state index contributed by atoms with van der Waals surface area (Å²) in [5.41, 5.74) is 0. The third-order valence-corrected chi connectivity index (χ3v) is 1.02. The van der Waals surface area contributed by atoms with Gasteiger partial charge in [0.1, 0.15) is 0 Å². The van der Waals surface area contributed by atoms with Gasteiger partial charge in [0.25, 0.3) is 0 Å². The van der Waals surface area contributed by atoms with Gasteiger partial charge < -0.3 is 16.8 Å². The Balaban J connectivity index is -0.000000125. The average molecular weight is 190 g/mol. The Morgan fingerprint density at radius 1 is 1.62 bits per heavy atom. The molecule has 0 aromatic carbocycles. The van der Waals surface area contributed by atoms with Crippen molar-refractivity contribution in [2.24, 2.45) is 0 Å². The van der Waals surface area contributed by atoms with Crippen LogP contribution in [0.2, 0.25) is 0 Å². The molecule has 1 atom stereocenters. The third kappa shape index (κ3) is 15.9. The molecule has 0 aromatic rings. The molecule has 3 nitrogen and oxygen atoms in total. The van der Waals surface area contributed by atoms with E-state index in [1.807, 2.05) is 0 Å². The summed E-state index contributed by atoms with van der Waals surface area (Å²) >= 11 is 0. The van der Waals surface area contributed by atoms with E-state index in [2.05, 4.69) is 4.52 Å². The van der Waals surface area contributed by atoms with Crippen LogP contribution in [0.3, 0.4) is 0 Å². The first kappa shape index (κ1) is 15.9. The maximum absolute atomic E-state index is 9.92. The average Bonchev–Trinajstić information content (AvgIpc) is 1.35. The van der Waals surface area contributed by atoms with E-state index in [0.29, 0.717) is 0 Å². The van der Waals surface area contributed by atoms with Gasteiger partial charge in [0.05, 0.1) is 0 Å². The Labute approximate surface area is 62.7 Å². The zero-order valence-electron chi connectivity index (χ0n) is 5.42. The van der Waals surface area contributed by atoms with Crippen LogP contribution in [0.15, 0.2) is 0 Å². The van der Waals surface area contributed by atoms with Gasteiger partial charge in [-0.2, -0.15) is 0 Å². The van der Waals surface area contributed by atoms with Crippen molar-refractivity contribution < 1.29 is 33.5 Å². The van der Waals surface area contributed by atoms with Gasteiger partial charge in [-0.25, -0.2) is 0 Å². The second kappa shape index (κ2) is 5.90. The van der Waals surface area contributed by atoms with Gasteiger partial charge in [0.2, 0.25) is 0 Å². The van der Waals surface area contributed by atoms with E-state index in [-0.39, 0.29) is 26.9 Å². The molecule has 0 saturated carbocycles. The maximum Gasteiger partial charge on any atom is 0.324 e. The second-order valence-electron chi connectivity index (χ2n) is 0.986. The summed E-state index contributed by atoms with van der Waals surface area (Å²) in [6, 6.07) is 0. The normalized spacial score (nSPS) is 14.9. The topological polar surface area (TPSA) is 46.5 Å². The summed E-state index contributed by atoms with van der Waals surface area (Å²) in [5.74, 6) is 0. The molecule has 0 rings (SSSR count). The molecule has 0 fully saturated rings. The molecule has 0 spiro atoms. The van der Waals surface area contributed by atoms with Gasteiger partial charge in [-0.05, 0) is 0 Å². The van der Waals surface area contributed by atoms with Gasteiger partial charge in [-0.3, -0.25) is 4.57 Å². The third-order valence-electron chi connectivity index (χ3n) is 0.339. The van der Waals surface area contributed by atoms with E-state index in [1.165, 1.54) is 7.11 Å². The fourth-order valence-electron chi connectivity index (χ4n) is 0. The molecule has 0 aliphatic heterocycles. The zero-order chi connectivity index (χ0) is 5.21. The molecule has 1 unspecified atom stereocenters. The van der Waals surface area contributed by atoms with Crippen LogP contribution in [0.4, 0.5) is 0 Å². The molecule has 48 valence electrons.